The van der Waals surface area contributed by atoms with Crippen molar-refractivity contribution in [3.8, 4) is 0 Å². The Bertz CT molecular complexity index is 399. The molecule has 0 radical (unpaired) electrons. The summed E-state index contributed by atoms with van der Waals surface area (Å²) in [6.45, 7) is 0. The van der Waals surface area contributed by atoms with E-state index in [2.05, 4.69) is 5.32 Å². The Hall–Kier alpha value is -0.580. The molecule has 1 saturated carbocycles. The summed E-state index contributed by atoms with van der Waals surface area (Å²) in [5, 5.41) is 3.09. The summed E-state index contributed by atoms with van der Waals surface area (Å²) in [6.07, 6.45) is 5.38. The van der Waals surface area contributed by atoms with Gasteiger partial charge >= 0.3 is 0 Å². The predicted molar refractivity (Wildman–Crippen MR) is 76.0 cm³/mol. The Morgan fingerprint density at radius 3 is 2.72 bits per heavy atom. The van der Waals surface area contributed by atoms with Gasteiger partial charge in [0.2, 0.25) is 5.91 Å². The molecule has 1 aromatic rings. The number of amides is 1. The number of thiophene rings is 1. The van der Waals surface area contributed by atoms with E-state index in [4.69, 9.17) is 17.3 Å². The van der Waals surface area contributed by atoms with Crippen LogP contribution in [0.4, 0.5) is 0 Å². The molecule has 2 rings (SSSR count). The van der Waals surface area contributed by atoms with Gasteiger partial charge in [0.25, 0.3) is 0 Å². The smallest absolute Gasteiger partial charge is 0.220 e. The zero-order valence-electron chi connectivity index (χ0n) is 10.3. The Balaban J connectivity index is 1.69. The van der Waals surface area contributed by atoms with Gasteiger partial charge in [0.15, 0.2) is 0 Å². The van der Waals surface area contributed by atoms with Crippen LogP contribution >= 0.6 is 22.9 Å². The van der Waals surface area contributed by atoms with Crippen LogP contribution in [0.15, 0.2) is 12.1 Å². The fourth-order valence-corrected chi connectivity index (χ4v) is 3.37. The van der Waals surface area contributed by atoms with Crippen LogP contribution in [0, 0.1) is 0 Å². The summed E-state index contributed by atoms with van der Waals surface area (Å²) in [5.41, 5.74) is 5.84. The highest BCUT2D eigenvalue weighted by Gasteiger charge is 2.19. The number of hydrogen-bond acceptors (Lipinski definition) is 3. The highest BCUT2D eigenvalue weighted by molar-refractivity contribution is 7.16. The standard InChI is InChI=1S/C13H19ClN2OS/c14-12-7-5-11(18-12)6-8-13(17)16-10-3-1-9(15)2-4-10/h5,7,9-10H,1-4,6,8,15H2,(H,16,17). The molecule has 0 atom stereocenters. The summed E-state index contributed by atoms with van der Waals surface area (Å²) in [6, 6.07) is 4.51. The Kier molecular flexibility index (Phi) is 5.03. The van der Waals surface area contributed by atoms with Crippen molar-refractivity contribution >= 4 is 28.8 Å². The molecule has 0 unspecified atom stereocenters. The summed E-state index contributed by atoms with van der Waals surface area (Å²) < 4.78 is 0.784. The third-order valence-electron chi connectivity index (χ3n) is 3.36. The van der Waals surface area contributed by atoms with Gasteiger partial charge in [0.1, 0.15) is 0 Å². The van der Waals surface area contributed by atoms with Gasteiger partial charge in [0, 0.05) is 23.4 Å². The van der Waals surface area contributed by atoms with Crippen LogP contribution < -0.4 is 11.1 Å². The molecule has 1 fully saturated rings. The minimum Gasteiger partial charge on any atom is -0.353 e. The Labute approximate surface area is 117 Å². The maximum atomic E-state index is 11.8. The fourth-order valence-electron chi connectivity index (χ4n) is 2.29. The number of carbonyl (C=O) groups is 1. The third kappa shape index (κ3) is 4.26. The van der Waals surface area contributed by atoms with Crippen LogP contribution in [0.3, 0.4) is 0 Å². The van der Waals surface area contributed by atoms with E-state index < -0.39 is 0 Å². The van der Waals surface area contributed by atoms with Crippen molar-refractivity contribution in [3.05, 3.63) is 21.3 Å². The van der Waals surface area contributed by atoms with Gasteiger partial charge in [-0.2, -0.15) is 0 Å². The van der Waals surface area contributed by atoms with Crippen LogP contribution in [0.5, 0.6) is 0 Å². The van der Waals surface area contributed by atoms with E-state index in [1.165, 1.54) is 4.88 Å². The lowest BCUT2D eigenvalue weighted by molar-refractivity contribution is -0.122. The molecule has 0 aromatic carbocycles. The van der Waals surface area contributed by atoms with Gasteiger partial charge in [-0.15, -0.1) is 11.3 Å². The molecular formula is C13H19ClN2OS. The van der Waals surface area contributed by atoms with E-state index in [0.29, 0.717) is 18.5 Å². The molecule has 0 bridgehead atoms. The number of nitrogens with one attached hydrogen (secondary N) is 1. The molecule has 1 aromatic heterocycles. The van der Waals surface area contributed by atoms with Gasteiger partial charge in [-0.1, -0.05) is 11.6 Å². The van der Waals surface area contributed by atoms with Crippen molar-refractivity contribution in [2.24, 2.45) is 5.73 Å². The third-order valence-corrected chi connectivity index (χ3v) is 4.66. The summed E-state index contributed by atoms with van der Waals surface area (Å²) in [7, 11) is 0. The van der Waals surface area contributed by atoms with Crippen LogP contribution in [0.1, 0.15) is 37.0 Å². The monoisotopic (exact) mass is 286 g/mol. The molecule has 18 heavy (non-hydrogen) atoms. The second-order valence-electron chi connectivity index (χ2n) is 4.89. The van der Waals surface area contributed by atoms with Crippen molar-refractivity contribution < 1.29 is 4.79 Å². The SMILES string of the molecule is NC1CCC(NC(=O)CCc2ccc(Cl)s2)CC1. The molecule has 3 N–H and O–H groups in total. The highest BCUT2D eigenvalue weighted by atomic mass is 35.5. The molecule has 1 aliphatic carbocycles. The summed E-state index contributed by atoms with van der Waals surface area (Å²) in [5.74, 6) is 0.139. The van der Waals surface area contributed by atoms with Crippen LogP contribution in [0.2, 0.25) is 4.34 Å². The van der Waals surface area contributed by atoms with E-state index >= 15 is 0 Å². The quantitative estimate of drug-likeness (QED) is 0.894. The predicted octanol–water partition coefficient (Wildman–Crippen LogP) is 2.72. The average molecular weight is 287 g/mol. The number of aryl methyl sites for hydroxylation is 1. The number of rotatable bonds is 4. The first kappa shape index (κ1) is 13.8. The molecule has 1 amide bonds. The molecule has 0 spiro atoms. The molecule has 3 nitrogen and oxygen atoms in total. The first-order chi connectivity index (χ1) is 8.63. The van der Waals surface area contributed by atoms with Crippen molar-refractivity contribution in [3.63, 3.8) is 0 Å². The second-order valence-corrected chi connectivity index (χ2v) is 6.68. The lowest BCUT2D eigenvalue weighted by Gasteiger charge is -2.26. The van der Waals surface area contributed by atoms with Crippen LogP contribution in [-0.4, -0.2) is 18.0 Å². The average Bonchev–Trinajstić information content (AvgIpc) is 2.76. The van der Waals surface area contributed by atoms with Crippen molar-refractivity contribution in [1.29, 1.82) is 0 Å². The first-order valence-electron chi connectivity index (χ1n) is 6.42. The number of halogens is 1. The fraction of sp³-hybridized carbons (Fsp3) is 0.615. The van der Waals surface area contributed by atoms with E-state index in [9.17, 15) is 4.79 Å². The van der Waals surface area contributed by atoms with Gasteiger partial charge in [-0.25, -0.2) is 0 Å². The van der Waals surface area contributed by atoms with E-state index in [1.54, 1.807) is 11.3 Å². The van der Waals surface area contributed by atoms with Crippen LogP contribution in [-0.2, 0) is 11.2 Å². The number of carbonyl (C=O) groups excluding carboxylic acids is 1. The molecule has 1 heterocycles. The topological polar surface area (TPSA) is 55.1 Å². The largest absolute Gasteiger partial charge is 0.353 e. The van der Waals surface area contributed by atoms with E-state index in [1.807, 2.05) is 12.1 Å². The first-order valence-corrected chi connectivity index (χ1v) is 7.62. The zero-order valence-corrected chi connectivity index (χ0v) is 11.9. The second kappa shape index (κ2) is 6.55. The summed E-state index contributed by atoms with van der Waals surface area (Å²) in [4.78, 5) is 13.0. The van der Waals surface area contributed by atoms with Crippen molar-refractivity contribution in [2.75, 3.05) is 0 Å². The normalized spacial score (nSPS) is 23.9. The van der Waals surface area contributed by atoms with Crippen molar-refractivity contribution in [1.82, 2.24) is 5.32 Å². The van der Waals surface area contributed by atoms with Gasteiger partial charge < -0.3 is 11.1 Å². The lowest BCUT2D eigenvalue weighted by atomic mass is 9.92. The van der Waals surface area contributed by atoms with Crippen LogP contribution in [0.25, 0.3) is 0 Å². The molecule has 0 saturated heterocycles. The van der Waals surface area contributed by atoms with Gasteiger partial charge in [-0.3, -0.25) is 4.79 Å². The minimum atomic E-state index is 0.139. The highest BCUT2D eigenvalue weighted by Crippen LogP contribution is 2.22. The summed E-state index contributed by atoms with van der Waals surface area (Å²) >= 11 is 7.40. The van der Waals surface area contributed by atoms with E-state index in [0.717, 1.165) is 36.4 Å². The molecular weight excluding hydrogens is 268 g/mol. The molecule has 1 aliphatic rings. The maximum Gasteiger partial charge on any atom is 0.220 e. The van der Waals surface area contributed by atoms with Gasteiger partial charge in [0.05, 0.1) is 4.34 Å². The zero-order chi connectivity index (χ0) is 13.0. The molecule has 0 aliphatic heterocycles. The Morgan fingerprint density at radius 2 is 2.11 bits per heavy atom. The number of hydrogen-bond donors (Lipinski definition) is 2. The minimum absolute atomic E-state index is 0.139. The van der Waals surface area contributed by atoms with Crippen molar-refractivity contribution in [2.45, 2.75) is 50.6 Å². The van der Waals surface area contributed by atoms with Gasteiger partial charge in [-0.05, 0) is 44.2 Å². The molecule has 5 heteroatoms. The Morgan fingerprint density at radius 1 is 1.39 bits per heavy atom. The number of nitrogens with two attached hydrogens (primary N) is 1. The van der Waals surface area contributed by atoms with E-state index in [-0.39, 0.29) is 5.91 Å². The molecule has 100 valence electrons. The lowest BCUT2D eigenvalue weighted by Crippen LogP contribution is -2.40. The maximum absolute atomic E-state index is 11.8.